The molecule has 0 spiro atoms. The Bertz CT molecular complexity index is 3020. The van der Waals surface area contributed by atoms with Crippen LogP contribution in [0.15, 0.2) is 281 Å². The molecule has 9 aromatic heterocycles. The maximum atomic E-state index is 11.8. The summed E-state index contributed by atoms with van der Waals surface area (Å²) in [4.78, 5) is 65.4. The van der Waals surface area contributed by atoms with Gasteiger partial charge in [-0.1, -0.05) is 84.9 Å². The molecule has 9 heterocycles. The molecule has 12 aromatic rings. The van der Waals surface area contributed by atoms with Crippen molar-refractivity contribution >= 4 is 39.2 Å². The maximum Gasteiger partial charge on any atom is 0.194 e. The molecule has 0 fully saturated rings. The maximum absolute atomic E-state index is 11.8. The molecule has 0 amide bonds. The van der Waals surface area contributed by atoms with Gasteiger partial charge in [0.15, 0.2) is 11.6 Å². The number of aryl methyl sites for hydroxylation is 3. The van der Waals surface area contributed by atoms with Gasteiger partial charge in [-0.05, 0) is 129 Å². The van der Waals surface area contributed by atoms with Gasteiger partial charge in [0.25, 0.3) is 0 Å². The van der Waals surface area contributed by atoms with Crippen molar-refractivity contribution in [3.63, 3.8) is 0 Å². The minimum atomic E-state index is 0.0127. The van der Waals surface area contributed by atoms with Crippen LogP contribution in [-0.4, -0.2) is 75.5 Å². The van der Waals surface area contributed by atoms with Crippen LogP contribution in [0.1, 0.15) is 48.7 Å². The number of carbonyl (C=O) groups excluding carboxylic acids is 2. The first kappa shape index (κ1) is 58.5. The lowest BCUT2D eigenvalue weighted by Gasteiger charge is -2.10. The Labute approximate surface area is 456 Å². The Morgan fingerprint density at radius 1 is 0.308 bits per heavy atom. The third-order valence-corrected chi connectivity index (χ3v) is 10.4. The number of hydrogen-bond acceptors (Lipinski definition) is 13. The fraction of sp³-hybridized carbons (Fsp3) is 0.0769. The summed E-state index contributed by atoms with van der Waals surface area (Å²) in [6.07, 6.45) is 27.7. The molecule has 12 rings (SSSR count). The number of para-hydroxylation sites is 2. The topological polar surface area (TPSA) is 166 Å². The van der Waals surface area contributed by atoms with Gasteiger partial charge in [0.05, 0.1) is 16.6 Å². The zero-order valence-corrected chi connectivity index (χ0v) is 44.3. The van der Waals surface area contributed by atoms with Crippen LogP contribution in [0.25, 0.3) is 21.9 Å². The number of benzene rings is 3. The molecule has 0 aliphatic carbocycles. The molecule has 78 heavy (non-hydrogen) atoms. The highest BCUT2D eigenvalue weighted by molar-refractivity contribution is 6.09. The number of anilines is 1. The highest BCUT2D eigenvalue weighted by atomic mass is 16.1. The molecule has 0 aliphatic rings. The van der Waals surface area contributed by atoms with Gasteiger partial charge in [-0.15, -0.1) is 0 Å². The van der Waals surface area contributed by atoms with E-state index < -0.39 is 0 Å². The summed E-state index contributed by atoms with van der Waals surface area (Å²) in [6.45, 7) is 6.04. The second-order valence-electron chi connectivity index (χ2n) is 16.6. The average Bonchev–Trinajstić information content (AvgIpc) is 3.51. The van der Waals surface area contributed by atoms with E-state index in [-0.39, 0.29) is 11.6 Å². The summed E-state index contributed by atoms with van der Waals surface area (Å²) >= 11 is 0. The van der Waals surface area contributed by atoms with Crippen LogP contribution in [0.2, 0.25) is 0 Å². The van der Waals surface area contributed by atoms with Crippen LogP contribution in [0.4, 0.5) is 5.69 Å². The smallest absolute Gasteiger partial charge is 0.194 e. The lowest BCUT2D eigenvalue weighted by Crippen LogP contribution is -2.07. The number of pyridine rings is 8. The van der Waals surface area contributed by atoms with E-state index in [1.165, 1.54) is 16.8 Å². The van der Waals surface area contributed by atoms with Crippen molar-refractivity contribution in [1.29, 1.82) is 0 Å². The van der Waals surface area contributed by atoms with Crippen molar-refractivity contribution in [2.75, 3.05) is 19.0 Å². The zero-order chi connectivity index (χ0) is 55.3. The molecule has 0 saturated carbocycles. The van der Waals surface area contributed by atoms with Crippen molar-refractivity contribution in [1.82, 2.24) is 49.8 Å². The van der Waals surface area contributed by atoms with E-state index in [1.807, 2.05) is 198 Å². The molecule has 0 N–H and O–H groups in total. The Kier molecular flexibility index (Phi) is 26.2. The van der Waals surface area contributed by atoms with Crippen LogP contribution in [0.5, 0.6) is 0 Å². The number of fused-ring (bicyclic) bond motifs is 2. The lowest BCUT2D eigenvalue weighted by atomic mass is 10.1. The zero-order valence-electron chi connectivity index (χ0n) is 44.3. The summed E-state index contributed by atoms with van der Waals surface area (Å²) in [6, 6.07) is 56.7. The molecule has 0 bridgehead atoms. The van der Waals surface area contributed by atoms with Crippen molar-refractivity contribution < 1.29 is 9.59 Å². The van der Waals surface area contributed by atoms with Gasteiger partial charge in [-0.2, -0.15) is 0 Å². The molecule has 0 unspecified atom stereocenters. The predicted octanol–water partition coefficient (Wildman–Crippen LogP) is 13.2. The van der Waals surface area contributed by atoms with Crippen LogP contribution >= 0.6 is 0 Å². The number of aromatic nitrogens is 10. The Morgan fingerprint density at radius 2 is 0.756 bits per heavy atom. The molecular weight excluding hydrogens is 967 g/mol. The van der Waals surface area contributed by atoms with Gasteiger partial charge in [-0.3, -0.25) is 59.4 Å². The Hall–Kier alpha value is -10.4. The van der Waals surface area contributed by atoms with Gasteiger partial charge in [0.1, 0.15) is 0 Å². The van der Waals surface area contributed by atoms with Gasteiger partial charge in [0.2, 0.25) is 0 Å². The van der Waals surface area contributed by atoms with E-state index in [0.29, 0.717) is 22.3 Å². The van der Waals surface area contributed by atoms with Crippen molar-refractivity contribution in [2.45, 2.75) is 20.8 Å². The van der Waals surface area contributed by atoms with E-state index >= 15 is 0 Å². The number of rotatable bonds is 5. The molecule has 0 atom stereocenters. The van der Waals surface area contributed by atoms with Crippen molar-refractivity contribution in [3.8, 4) is 0 Å². The highest BCUT2D eigenvalue weighted by Gasteiger charge is 2.08. The van der Waals surface area contributed by atoms with Crippen LogP contribution < -0.4 is 4.90 Å². The largest absolute Gasteiger partial charge is 0.378 e. The minimum absolute atomic E-state index is 0.0127. The Balaban J connectivity index is 0.000000167. The van der Waals surface area contributed by atoms with Gasteiger partial charge < -0.3 is 4.90 Å². The first-order chi connectivity index (χ1) is 38.2. The lowest BCUT2D eigenvalue weighted by molar-refractivity contribution is 0.103. The second-order valence-corrected chi connectivity index (χ2v) is 16.6. The van der Waals surface area contributed by atoms with Gasteiger partial charge >= 0.3 is 0 Å². The Morgan fingerprint density at radius 3 is 1.19 bits per heavy atom. The van der Waals surface area contributed by atoms with Gasteiger partial charge in [0, 0.05) is 152 Å². The molecule has 0 aliphatic heterocycles. The van der Waals surface area contributed by atoms with Crippen LogP contribution in [-0.2, 0) is 0 Å². The molecule has 3 aromatic carbocycles. The third kappa shape index (κ3) is 22.8. The van der Waals surface area contributed by atoms with E-state index in [9.17, 15) is 9.59 Å². The number of nitrogens with zero attached hydrogens (tertiary/aromatic N) is 11. The summed E-state index contributed by atoms with van der Waals surface area (Å²) in [5, 5.41) is 1.09. The summed E-state index contributed by atoms with van der Waals surface area (Å²) in [5.74, 6) is 0.0479. The molecule has 13 nitrogen and oxygen atoms in total. The van der Waals surface area contributed by atoms with E-state index in [0.717, 1.165) is 27.6 Å². The SMILES string of the molecule is CN(C)c1ccncc1.Cc1ccccn1.Cc1cccnc1.Cc1ccncc1.O=C(c1ccccc1)c1cccnc1.O=C(c1ccccc1)c1ccncc1.c1ccc2nccnc2c1.c1cnc2ccncc2c1. The predicted molar refractivity (Wildman–Crippen MR) is 313 cm³/mol. The highest BCUT2D eigenvalue weighted by Crippen LogP contribution is 2.10. The first-order valence-corrected chi connectivity index (χ1v) is 24.7. The van der Waals surface area contributed by atoms with Crippen molar-refractivity contribution in [3.05, 3.63) is 320 Å². The quantitative estimate of drug-likeness (QED) is 0.150. The average molecular weight is 1030 g/mol. The minimum Gasteiger partial charge on any atom is -0.378 e. The standard InChI is InChI=1S/2C12H9NO.2C8H6N2.C7H10N2.3C6H7N/c14-12(10-5-2-1-3-6-10)11-7-4-8-13-9-11;14-12(10-4-2-1-3-5-10)11-6-8-13-9-7-11;1-2-7-6-9-5-3-8(7)10-4-1;1-2-4-8-7(3-1)9-5-6-10-8;1-9(2)7-3-5-8-6-4-7;1-6-2-4-7-5-3-6;1-6-3-2-4-7-5-6;1-6-4-2-3-5-7-6/h2*1-9H;2*1-6H;3-6H,1-2H3;3*2-5H,1H3. The molecular formula is C65H61N11O2. The van der Waals surface area contributed by atoms with Crippen LogP contribution in [0, 0.1) is 20.8 Å². The van der Waals surface area contributed by atoms with E-state index in [1.54, 1.807) is 123 Å². The fourth-order valence-corrected chi connectivity index (χ4v) is 6.30. The second kappa shape index (κ2) is 34.9. The molecule has 0 saturated heterocycles. The molecule has 0 radical (unpaired) electrons. The number of carbonyl (C=O) groups is 2. The number of hydrogen-bond donors (Lipinski definition) is 0. The monoisotopic (exact) mass is 1030 g/mol. The first-order valence-electron chi connectivity index (χ1n) is 24.7. The summed E-state index contributed by atoms with van der Waals surface area (Å²) in [5.41, 5.74) is 10.3. The van der Waals surface area contributed by atoms with Crippen LogP contribution in [0.3, 0.4) is 0 Å². The molecule has 13 heteroatoms. The third-order valence-electron chi connectivity index (χ3n) is 10.4. The van der Waals surface area contributed by atoms with E-state index in [2.05, 4.69) is 49.8 Å². The van der Waals surface area contributed by atoms with Crippen molar-refractivity contribution in [2.24, 2.45) is 0 Å². The molecule has 388 valence electrons. The fourth-order valence-electron chi connectivity index (χ4n) is 6.30. The van der Waals surface area contributed by atoms with Gasteiger partial charge in [-0.25, -0.2) is 0 Å². The summed E-state index contributed by atoms with van der Waals surface area (Å²) < 4.78 is 0. The normalized spacial score (nSPS) is 9.45. The number of ketones is 2. The van der Waals surface area contributed by atoms with E-state index in [4.69, 9.17) is 0 Å². The summed E-state index contributed by atoms with van der Waals surface area (Å²) in [7, 11) is 4.02.